The highest BCUT2D eigenvalue weighted by Gasteiger charge is 2.12. The van der Waals surface area contributed by atoms with Gasteiger partial charge in [0.05, 0.1) is 0 Å². The molecule has 5 nitrogen and oxygen atoms in total. The van der Waals surface area contributed by atoms with E-state index < -0.39 is 12.6 Å². The lowest BCUT2D eigenvalue weighted by Crippen LogP contribution is -2.23. The van der Waals surface area contributed by atoms with E-state index in [0.717, 1.165) is 11.1 Å². The van der Waals surface area contributed by atoms with Crippen molar-refractivity contribution in [3.8, 4) is 5.75 Å². The zero-order valence-electron chi connectivity index (χ0n) is 11.0. The SMILES string of the molecule is C=CCNC(=O)c1cc(C)c(OCC(=O)O)c(C)c1. The topological polar surface area (TPSA) is 75.6 Å². The molecule has 0 spiro atoms. The lowest BCUT2D eigenvalue weighted by atomic mass is 10.1. The van der Waals surface area contributed by atoms with E-state index in [9.17, 15) is 9.59 Å². The number of aliphatic carboxylic acids is 1. The summed E-state index contributed by atoms with van der Waals surface area (Å²) in [6.07, 6.45) is 1.60. The van der Waals surface area contributed by atoms with E-state index in [0.29, 0.717) is 17.9 Å². The van der Waals surface area contributed by atoms with Crippen molar-refractivity contribution in [2.75, 3.05) is 13.2 Å². The predicted octanol–water partition coefficient (Wildman–Crippen LogP) is 1.68. The van der Waals surface area contributed by atoms with Gasteiger partial charge in [-0.2, -0.15) is 0 Å². The molecule has 19 heavy (non-hydrogen) atoms. The fraction of sp³-hybridized carbons (Fsp3) is 0.286. The van der Waals surface area contributed by atoms with Crippen LogP contribution in [0, 0.1) is 13.8 Å². The van der Waals surface area contributed by atoms with Gasteiger partial charge in [-0.05, 0) is 37.1 Å². The molecule has 0 heterocycles. The number of hydrogen-bond acceptors (Lipinski definition) is 3. The number of amides is 1. The van der Waals surface area contributed by atoms with E-state index in [1.807, 2.05) is 0 Å². The largest absolute Gasteiger partial charge is 0.481 e. The van der Waals surface area contributed by atoms with Crippen LogP contribution in [-0.4, -0.2) is 30.1 Å². The first kappa shape index (κ1) is 14.8. The number of carboxylic acids is 1. The Morgan fingerprint density at radius 2 is 1.95 bits per heavy atom. The number of ether oxygens (including phenoxy) is 1. The van der Waals surface area contributed by atoms with E-state index >= 15 is 0 Å². The van der Waals surface area contributed by atoms with Crippen molar-refractivity contribution in [3.05, 3.63) is 41.5 Å². The Kier molecular flexibility index (Phi) is 5.11. The molecular weight excluding hydrogens is 246 g/mol. The van der Waals surface area contributed by atoms with Crippen molar-refractivity contribution in [2.24, 2.45) is 0 Å². The Labute approximate surface area is 111 Å². The summed E-state index contributed by atoms with van der Waals surface area (Å²) in [6, 6.07) is 3.34. The summed E-state index contributed by atoms with van der Waals surface area (Å²) in [7, 11) is 0. The Morgan fingerprint density at radius 3 is 2.42 bits per heavy atom. The fourth-order valence-electron chi connectivity index (χ4n) is 1.71. The lowest BCUT2D eigenvalue weighted by molar-refractivity contribution is -0.139. The molecule has 0 bridgehead atoms. The van der Waals surface area contributed by atoms with Crippen LogP contribution in [-0.2, 0) is 4.79 Å². The second-order valence-corrected chi connectivity index (χ2v) is 4.12. The minimum Gasteiger partial charge on any atom is -0.481 e. The van der Waals surface area contributed by atoms with Gasteiger partial charge in [0.2, 0.25) is 0 Å². The highest BCUT2D eigenvalue weighted by molar-refractivity contribution is 5.95. The second kappa shape index (κ2) is 6.58. The summed E-state index contributed by atoms with van der Waals surface area (Å²) < 4.78 is 5.20. The van der Waals surface area contributed by atoms with Gasteiger partial charge in [-0.1, -0.05) is 6.08 Å². The molecule has 0 unspecified atom stereocenters. The number of carbonyl (C=O) groups is 2. The van der Waals surface area contributed by atoms with Crippen LogP contribution in [0.4, 0.5) is 0 Å². The molecule has 0 aliphatic heterocycles. The number of benzene rings is 1. The molecule has 0 fully saturated rings. The predicted molar refractivity (Wildman–Crippen MR) is 71.6 cm³/mol. The minimum atomic E-state index is -1.04. The van der Waals surface area contributed by atoms with Crippen molar-refractivity contribution in [1.82, 2.24) is 5.32 Å². The first-order valence-electron chi connectivity index (χ1n) is 5.80. The average Bonchev–Trinajstić information content (AvgIpc) is 2.34. The molecule has 0 aliphatic carbocycles. The number of carbonyl (C=O) groups excluding carboxylic acids is 1. The molecular formula is C14H17NO4. The van der Waals surface area contributed by atoms with Crippen LogP contribution in [0.1, 0.15) is 21.5 Å². The lowest BCUT2D eigenvalue weighted by Gasteiger charge is -2.12. The highest BCUT2D eigenvalue weighted by atomic mass is 16.5. The quantitative estimate of drug-likeness (QED) is 0.766. The summed E-state index contributed by atoms with van der Waals surface area (Å²) in [5.41, 5.74) is 1.97. The van der Waals surface area contributed by atoms with Gasteiger partial charge in [0.1, 0.15) is 5.75 Å². The number of nitrogens with one attached hydrogen (secondary N) is 1. The van der Waals surface area contributed by atoms with Gasteiger partial charge in [-0.25, -0.2) is 4.79 Å². The second-order valence-electron chi connectivity index (χ2n) is 4.12. The molecule has 2 N–H and O–H groups in total. The molecule has 0 radical (unpaired) electrons. The molecule has 0 saturated heterocycles. The third-order valence-electron chi connectivity index (χ3n) is 2.47. The molecule has 0 atom stereocenters. The average molecular weight is 263 g/mol. The van der Waals surface area contributed by atoms with Crippen molar-refractivity contribution < 1.29 is 19.4 Å². The Hall–Kier alpha value is -2.30. The van der Waals surface area contributed by atoms with Gasteiger partial charge in [0.15, 0.2) is 6.61 Å². The first-order valence-corrected chi connectivity index (χ1v) is 5.80. The molecule has 0 saturated carbocycles. The van der Waals surface area contributed by atoms with Gasteiger partial charge in [-0.3, -0.25) is 4.79 Å². The van der Waals surface area contributed by atoms with E-state index in [1.54, 1.807) is 32.1 Å². The molecule has 1 amide bonds. The van der Waals surface area contributed by atoms with Gasteiger partial charge in [-0.15, -0.1) is 6.58 Å². The summed E-state index contributed by atoms with van der Waals surface area (Å²) in [6.45, 7) is 7.07. The van der Waals surface area contributed by atoms with Crippen LogP contribution < -0.4 is 10.1 Å². The van der Waals surface area contributed by atoms with Crippen LogP contribution in [0.3, 0.4) is 0 Å². The third-order valence-corrected chi connectivity index (χ3v) is 2.47. The number of carboxylic acid groups (broad SMARTS) is 1. The first-order chi connectivity index (χ1) is 8.95. The van der Waals surface area contributed by atoms with E-state index in [2.05, 4.69) is 11.9 Å². The Balaban J connectivity index is 2.92. The fourth-order valence-corrected chi connectivity index (χ4v) is 1.71. The van der Waals surface area contributed by atoms with Crippen LogP contribution in [0.2, 0.25) is 0 Å². The molecule has 0 aromatic heterocycles. The Bertz CT molecular complexity index is 485. The van der Waals surface area contributed by atoms with E-state index in [1.165, 1.54) is 0 Å². The molecule has 1 rings (SSSR count). The maximum Gasteiger partial charge on any atom is 0.341 e. The van der Waals surface area contributed by atoms with Gasteiger partial charge in [0, 0.05) is 12.1 Å². The summed E-state index contributed by atoms with van der Waals surface area (Å²) >= 11 is 0. The molecule has 5 heteroatoms. The van der Waals surface area contributed by atoms with Crippen molar-refractivity contribution >= 4 is 11.9 Å². The van der Waals surface area contributed by atoms with Gasteiger partial charge < -0.3 is 15.2 Å². The van der Waals surface area contributed by atoms with Crippen LogP contribution >= 0.6 is 0 Å². The maximum absolute atomic E-state index is 11.8. The zero-order valence-corrected chi connectivity index (χ0v) is 11.0. The monoisotopic (exact) mass is 263 g/mol. The number of hydrogen-bond donors (Lipinski definition) is 2. The maximum atomic E-state index is 11.8. The smallest absolute Gasteiger partial charge is 0.341 e. The molecule has 1 aromatic rings. The molecule has 0 aliphatic rings. The third kappa shape index (κ3) is 4.13. The van der Waals surface area contributed by atoms with Gasteiger partial charge >= 0.3 is 5.97 Å². The number of aryl methyl sites for hydroxylation is 2. The highest BCUT2D eigenvalue weighted by Crippen LogP contribution is 2.24. The van der Waals surface area contributed by atoms with Crippen molar-refractivity contribution in [1.29, 1.82) is 0 Å². The normalized spacial score (nSPS) is 9.79. The van der Waals surface area contributed by atoms with Gasteiger partial charge in [0.25, 0.3) is 5.91 Å². The minimum absolute atomic E-state index is 0.198. The molecule has 1 aromatic carbocycles. The summed E-state index contributed by atoms with van der Waals surface area (Å²) in [5, 5.41) is 11.3. The standard InChI is InChI=1S/C14H17NO4/c1-4-5-15-14(18)11-6-9(2)13(10(3)7-11)19-8-12(16)17/h4,6-7H,1,5,8H2,2-3H3,(H,15,18)(H,16,17). The van der Waals surface area contributed by atoms with Crippen LogP contribution in [0.5, 0.6) is 5.75 Å². The van der Waals surface area contributed by atoms with E-state index in [4.69, 9.17) is 9.84 Å². The van der Waals surface area contributed by atoms with Crippen LogP contribution in [0.25, 0.3) is 0 Å². The summed E-state index contributed by atoms with van der Waals surface area (Å²) in [4.78, 5) is 22.3. The Morgan fingerprint density at radius 1 is 1.37 bits per heavy atom. The zero-order chi connectivity index (χ0) is 14.4. The molecule has 102 valence electrons. The summed E-state index contributed by atoms with van der Waals surface area (Å²) in [5.74, 6) is -0.731. The van der Waals surface area contributed by atoms with Crippen LogP contribution in [0.15, 0.2) is 24.8 Å². The van der Waals surface area contributed by atoms with Crippen molar-refractivity contribution in [2.45, 2.75) is 13.8 Å². The van der Waals surface area contributed by atoms with Crippen molar-refractivity contribution in [3.63, 3.8) is 0 Å². The van der Waals surface area contributed by atoms with E-state index in [-0.39, 0.29) is 5.91 Å². The number of rotatable bonds is 6.